The fourth-order valence-corrected chi connectivity index (χ4v) is 5.43. The molecule has 1 saturated heterocycles. The predicted molar refractivity (Wildman–Crippen MR) is 152 cm³/mol. The number of aromatic nitrogens is 4. The lowest BCUT2D eigenvalue weighted by Crippen LogP contribution is -2.45. The number of hydrogen-bond acceptors (Lipinski definition) is 6. The number of methoxy groups -OCH3 is 1. The first-order valence-corrected chi connectivity index (χ1v) is 13.3. The van der Waals surface area contributed by atoms with Crippen LogP contribution in [0.25, 0.3) is 22.6 Å². The summed E-state index contributed by atoms with van der Waals surface area (Å²) in [5.41, 5.74) is 4.09. The van der Waals surface area contributed by atoms with Gasteiger partial charge in [0, 0.05) is 31.7 Å². The quantitative estimate of drug-likeness (QED) is 0.389. The van der Waals surface area contributed by atoms with Crippen molar-refractivity contribution in [3.05, 3.63) is 84.2 Å². The monoisotopic (exact) mass is 509 g/mol. The van der Waals surface area contributed by atoms with Crippen molar-refractivity contribution >= 4 is 16.9 Å². The van der Waals surface area contributed by atoms with Crippen molar-refractivity contribution in [2.75, 3.05) is 45.7 Å². The van der Waals surface area contributed by atoms with Crippen LogP contribution >= 0.6 is 0 Å². The molecule has 1 fully saturated rings. The average molecular weight is 510 g/mol. The van der Waals surface area contributed by atoms with Crippen molar-refractivity contribution in [2.45, 2.75) is 25.4 Å². The fourth-order valence-electron chi connectivity index (χ4n) is 5.43. The van der Waals surface area contributed by atoms with Crippen LogP contribution in [0, 0.1) is 0 Å². The second-order valence-electron chi connectivity index (χ2n) is 10.2. The molecule has 0 atom stereocenters. The Morgan fingerprint density at radius 3 is 2.58 bits per heavy atom. The van der Waals surface area contributed by atoms with Gasteiger partial charge in [-0.1, -0.05) is 36.4 Å². The zero-order valence-corrected chi connectivity index (χ0v) is 22.3. The molecule has 2 aromatic heterocycles. The molecule has 0 unspecified atom stereocenters. The van der Waals surface area contributed by atoms with E-state index in [2.05, 4.69) is 81.0 Å². The summed E-state index contributed by atoms with van der Waals surface area (Å²) in [7, 11) is 6.06. The first kappa shape index (κ1) is 24.3. The largest absolute Gasteiger partial charge is 0.497 e. The molecule has 2 aliphatic rings. The molecule has 38 heavy (non-hydrogen) atoms. The zero-order valence-electron chi connectivity index (χ0n) is 22.3. The van der Waals surface area contributed by atoms with Gasteiger partial charge in [-0.25, -0.2) is 4.98 Å². The van der Waals surface area contributed by atoms with Crippen molar-refractivity contribution in [1.29, 1.82) is 0 Å². The van der Waals surface area contributed by atoms with Gasteiger partial charge in [-0.15, -0.1) is 0 Å². The molecule has 8 heteroatoms. The number of hydrogen-bond donors (Lipinski definition) is 1. The Morgan fingerprint density at radius 2 is 1.84 bits per heavy atom. The summed E-state index contributed by atoms with van der Waals surface area (Å²) in [4.78, 5) is 15.6. The number of benzene rings is 2. The summed E-state index contributed by atoms with van der Waals surface area (Å²) >= 11 is 0. The minimum absolute atomic E-state index is 0.632. The number of aromatic amines is 1. The molecule has 0 radical (unpaired) electrons. The Morgan fingerprint density at radius 1 is 1.05 bits per heavy atom. The first-order valence-electron chi connectivity index (χ1n) is 13.3. The lowest BCUT2D eigenvalue weighted by Gasteiger charge is -2.41. The SMILES string of the molecule is COc1ccc(Cn2nc(N3CC=CC=C3N3CCC(N(C)C)CC3)cc2-c2nc3ccccc3[nH]2)cc1. The summed E-state index contributed by atoms with van der Waals surface area (Å²) in [6.45, 7) is 3.51. The lowest BCUT2D eigenvalue weighted by atomic mass is 10.0. The van der Waals surface area contributed by atoms with Crippen LogP contribution in [0.15, 0.2) is 78.6 Å². The number of nitrogens with zero attached hydrogens (tertiary/aromatic N) is 6. The number of rotatable bonds is 7. The highest BCUT2D eigenvalue weighted by atomic mass is 16.5. The summed E-state index contributed by atoms with van der Waals surface area (Å²) in [6, 6.07) is 19.1. The highest BCUT2D eigenvalue weighted by Crippen LogP contribution is 2.31. The molecule has 4 heterocycles. The van der Waals surface area contributed by atoms with Crippen molar-refractivity contribution in [2.24, 2.45) is 0 Å². The van der Waals surface area contributed by atoms with Crippen LogP contribution in [-0.4, -0.2) is 76.4 Å². The van der Waals surface area contributed by atoms with Crippen LogP contribution in [0.2, 0.25) is 0 Å². The topological polar surface area (TPSA) is 65.5 Å². The Hall–Kier alpha value is -4.04. The van der Waals surface area contributed by atoms with Crippen LogP contribution in [0.5, 0.6) is 5.75 Å². The third-order valence-corrected chi connectivity index (χ3v) is 7.63. The van der Waals surface area contributed by atoms with Crippen LogP contribution in [0.1, 0.15) is 18.4 Å². The summed E-state index contributed by atoms with van der Waals surface area (Å²) in [5, 5.41) is 5.15. The normalized spacial score (nSPS) is 16.5. The molecule has 1 N–H and O–H groups in total. The van der Waals surface area contributed by atoms with Crippen molar-refractivity contribution in [3.63, 3.8) is 0 Å². The van der Waals surface area contributed by atoms with E-state index in [1.807, 2.05) is 30.3 Å². The van der Waals surface area contributed by atoms with E-state index in [1.54, 1.807) is 7.11 Å². The van der Waals surface area contributed by atoms with Crippen LogP contribution in [-0.2, 0) is 6.54 Å². The summed E-state index contributed by atoms with van der Waals surface area (Å²) < 4.78 is 7.41. The number of H-pyrrole nitrogens is 1. The molecule has 0 spiro atoms. The second kappa shape index (κ2) is 10.4. The summed E-state index contributed by atoms with van der Waals surface area (Å²) in [6.07, 6.45) is 8.91. The molecule has 2 aromatic carbocycles. The molecule has 0 aliphatic carbocycles. The van der Waals surface area contributed by atoms with Gasteiger partial charge >= 0.3 is 0 Å². The molecule has 6 rings (SSSR count). The fraction of sp³-hybridized carbons (Fsp3) is 0.333. The van der Waals surface area contributed by atoms with Gasteiger partial charge in [0.2, 0.25) is 0 Å². The van der Waals surface area contributed by atoms with Gasteiger partial charge in [-0.3, -0.25) is 4.68 Å². The maximum Gasteiger partial charge on any atom is 0.157 e. The van der Waals surface area contributed by atoms with E-state index in [4.69, 9.17) is 14.8 Å². The lowest BCUT2D eigenvalue weighted by molar-refractivity contribution is 0.168. The Bertz CT molecular complexity index is 1420. The van der Waals surface area contributed by atoms with Gasteiger partial charge in [-0.05, 0) is 62.8 Å². The first-order chi connectivity index (χ1) is 18.6. The van der Waals surface area contributed by atoms with Crippen molar-refractivity contribution in [1.82, 2.24) is 29.5 Å². The van der Waals surface area contributed by atoms with Gasteiger partial charge in [-0.2, -0.15) is 5.10 Å². The maximum atomic E-state index is 5.35. The highest BCUT2D eigenvalue weighted by molar-refractivity contribution is 5.79. The highest BCUT2D eigenvalue weighted by Gasteiger charge is 2.27. The third-order valence-electron chi connectivity index (χ3n) is 7.63. The van der Waals surface area contributed by atoms with Gasteiger partial charge in [0.15, 0.2) is 11.6 Å². The van der Waals surface area contributed by atoms with Crippen molar-refractivity contribution < 1.29 is 4.74 Å². The minimum Gasteiger partial charge on any atom is -0.497 e. The Labute approximate surface area is 223 Å². The molecule has 196 valence electrons. The predicted octanol–water partition coefficient (Wildman–Crippen LogP) is 4.73. The summed E-state index contributed by atoms with van der Waals surface area (Å²) in [5.74, 6) is 3.82. The second-order valence-corrected chi connectivity index (χ2v) is 10.2. The van der Waals surface area contributed by atoms with E-state index in [9.17, 15) is 0 Å². The number of nitrogens with one attached hydrogen (secondary N) is 1. The molecule has 0 saturated carbocycles. The van der Waals surface area contributed by atoms with Gasteiger partial charge in [0.25, 0.3) is 0 Å². The van der Waals surface area contributed by atoms with Crippen molar-refractivity contribution in [3.8, 4) is 17.3 Å². The van der Waals surface area contributed by atoms with E-state index in [1.165, 1.54) is 5.82 Å². The van der Waals surface area contributed by atoms with Gasteiger partial charge in [0.1, 0.15) is 17.3 Å². The van der Waals surface area contributed by atoms with Crippen LogP contribution < -0.4 is 9.64 Å². The number of imidazole rings is 1. The van der Waals surface area contributed by atoms with Gasteiger partial charge < -0.3 is 24.4 Å². The van der Waals surface area contributed by atoms with Crippen LogP contribution in [0.3, 0.4) is 0 Å². The smallest absolute Gasteiger partial charge is 0.157 e. The number of allylic oxidation sites excluding steroid dienone is 2. The maximum absolute atomic E-state index is 5.35. The zero-order chi connectivity index (χ0) is 26.1. The molecular formula is C30H35N7O. The Kier molecular flexibility index (Phi) is 6.64. The molecular weight excluding hydrogens is 474 g/mol. The number of anilines is 1. The number of piperidine rings is 1. The van der Waals surface area contributed by atoms with E-state index >= 15 is 0 Å². The Balaban J connectivity index is 1.35. The standard InChI is InChI=1S/C30H35N7O/c1-34(2)23-15-18-35(19-16-23)29-10-6-7-17-36(29)28-20-27(30-31-25-8-4-5-9-26(25)32-30)37(33-28)21-22-11-13-24(38-3)14-12-22/h4-14,20,23H,15-19,21H2,1-3H3,(H,31,32). The average Bonchev–Trinajstić information content (AvgIpc) is 3.58. The molecule has 4 aromatic rings. The number of likely N-dealkylation sites (tertiary alicyclic amines) is 1. The van der Waals surface area contributed by atoms with Crippen LogP contribution in [0.4, 0.5) is 5.82 Å². The molecule has 2 aliphatic heterocycles. The van der Waals surface area contributed by atoms with E-state index in [-0.39, 0.29) is 0 Å². The molecule has 0 amide bonds. The molecule has 8 nitrogen and oxygen atoms in total. The number of fused-ring (bicyclic) bond motifs is 1. The molecule has 0 bridgehead atoms. The van der Waals surface area contributed by atoms with E-state index in [0.717, 1.165) is 72.2 Å². The van der Waals surface area contributed by atoms with E-state index in [0.29, 0.717) is 12.6 Å². The van der Waals surface area contributed by atoms with Gasteiger partial charge in [0.05, 0.1) is 24.7 Å². The van der Waals surface area contributed by atoms with E-state index < -0.39 is 0 Å². The minimum atomic E-state index is 0.632. The third kappa shape index (κ3) is 4.79. The number of ether oxygens (including phenoxy) is 1. The number of para-hydroxylation sites is 2.